The number of thioether (sulfide) groups is 1. The second-order valence-corrected chi connectivity index (χ2v) is 6.56. The molecule has 0 unspecified atom stereocenters. The number of nitriles is 1. The van der Waals surface area contributed by atoms with Gasteiger partial charge in [0.25, 0.3) is 0 Å². The number of hydrogen-bond donors (Lipinski definition) is 2. The number of carbonyl (C=O) groups is 1. The highest BCUT2D eigenvalue weighted by molar-refractivity contribution is 7.99. The average molecular weight is 316 g/mol. The quantitative estimate of drug-likeness (QED) is 0.823. The maximum Gasteiger partial charge on any atom is 0.231 e. The fourth-order valence-electron chi connectivity index (χ4n) is 2.17. The van der Waals surface area contributed by atoms with Gasteiger partial charge in [-0.2, -0.15) is 5.26 Å². The van der Waals surface area contributed by atoms with E-state index in [4.69, 9.17) is 5.26 Å². The molecular weight excluding hydrogens is 296 g/mol. The van der Waals surface area contributed by atoms with Crippen LogP contribution in [0.25, 0.3) is 11.0 Å². The van der Waals surface area contributed by atoms with Crippen molar-refractivity contribution in [1.29, 1.82) is 5.26 Å². The van der Waals surface area contributed by atoms with Crippen molar-refractivity contribution >= 4 is 28.7 Å². The Hall–Kier alpha value is -2.00. The molecule has 0 saturated heterocycles. The molecule has 0 aliphatic heterocycles. The van der Waals surface area contributed by atoms with Crippen LogP contribution in [0.4, 0.5) is 0 Å². The number of hydrogen-bond acceptors (Lipinski definition) is 4. The Balaban J connectivity index is 1.78. The summed E-state index contributed by atoms with van der Waals surface area (Å²) in [7, 11) is 0. The van der Waals surface area contributed by atoms with Crippen LogP contribution in [0.2, 0.25) is 0 Å². The predicted octanol–water partition coefficient (Wildman–Crippen LogP) is 2.85. The first-order valence-electron chi connectivity index (χ1n) is 7.29. The molecule has 1 heterocycles. The third kappa shape index (κ3) is 4.78. The minimum Gasteiger partial charge on any atom is -0.341 e. The summed E-state index contributed by atoms with van der Waals surface area (Å²) < 4.78 is 0. The molecule has 2 N–H and O–H groups in total. The van der Waals surface area contributed by atoms with Crippen molar-refractivity contribution in [2.24, 2.45) is 5.92 Å². The van der Waals surface area contributed by atoms with Crippen molar-refractivity contribution in [3.8, 4) is 6.07 Å². The van der Waals surface area contributed by atoms with Gasteiger partial charge in [-0.25, -0.2) is 4.98 Å². The highest BCUT2D eigenvalue weighted by atomic mass is 32.2. The van der Waals surface area contributed by atoms with Gasteiger partial charge in [0.05, 0.1) is 28.6 Å². The molecule has 0 aliphatic carbocycles. The monoisotopic (exact) mass is 316 g/mol. The zero-order valence-electron chi connectivity index (χ0n) is 12.8. The van der Waals surface area contributed by atoms with Gasteiger partial charge in [0.15, 0.2) is 0 Å². The Labute approximate surface area is 134 Å². The normalized spacial score (nSPS) is 12.3. The van der Waals surface area contributed by atoms with E-state index in [9.17, 15) is 4.79 Å². The van der Waals surface area contributed by atoms with E-state index in [2.05, 4.69) is 21.4 Å². The Morgan fingerprint density at radius 2 is 2.23 bits per heavy atom. The molecule has 1 aromatic heterocycles. The van der Waals surface area contributed by atoms with Crippen molar-refractivity contribution in [1.82, 2.24) is 15.3 Å². The number of nitrogens with zero attached hydrogens (tertiary/aromatic N) is 2. The number of para-hydroxylation sites is 2. The Morgan fingerprint density at radius 3 is 2.91 bits per heavy atom. The molecule has 116 valence electrons. The number of aromatic nitrogens is 2. The van der Waals surface area contributed by atoms with Crippen LogP contribution in [-0.2, 0) is 10.5 Å². The average Bonchev–Trinajstić information content (AvgIpc) is 2.88. The maximum atomic E-state index is 11.8. The minimum absolute atomic E-state index is 0.103. The predicted molar refractivity (Wildman–Crippen MR) is 89.3 cm³/mol. The molecule has 22 heavy (non-hydrogen) atoms. The summed E-state index contributed by atoms with van der Waals surface area (Å²) >= 11 is 1.49. The molecular formula is C16H20N4OS. The molecule has 0 fully saturated rings. The van der Waals surface area contributed by atoms with Crippen LogP contribution < -0.4 is 5.32 Å². The molecule has 2 rings (SSSR count). The minimum atomic E-state index is -0.403. The number of rotatable bonds is 7. The van der Waals surface area contributed by atoms with Gasteiger partial charge in [-0.3, -0.25) is 4.79 Å². The summed E-state index contributed by atoms with van der Waals surface area (Å²) in [6.45, 7) is 4.07. The summed E-state index contributed by atoms with van der Waals surface area (Å²) in [4.78, 5) is 19.5. The second-order valence-electron chi connectivity index (χ2n) is 5.57. The summed E-state index contributed by atoms with van der Waals surface area (Å²) in [5, 5.41) is 11.8. The lowest BCUT2D eigenvalue weighted by Crippen LogP contribution is -2.35. The number of fused-ring (bicyclic) bond motifs is 1. The third-order valence-electron chi connectivity index (χ3n) is 3.11. The molecule has 5 nitrogen and oxygen atoms in total. The first-order chi connectivity index (χ1) is 10.6. The smallest absolute Gasteiger partial charge is 0.231 e. The molecule has 0 aliphatic rings. The van der Waals surface area contributed by atoms with Gasteiger partial charge in [-0.1, -0.05) is 26.0 Å². The molecule has 0 saturated carbocycles. The number of H-pyrrole nitrogens is 1. The lowest BCUT2D eigenvalue weighted by Gasteiger charge is -2.13. The van der Waals surface area contributed by atoms with Gasteiger partial charge in [0, 0.05) is 0 Å². The Kier molecular flexibility index (Phi) is 5.84. The van der Waals surface area contributed by atoms with Crippen LogP contribution in [0.5, 0.6) is 0 Å². The zero-order chi connectivity index (χ0) is 15.9. The molecule has 0 bridgehead atoms. The fourth-order valence-corrected chi connectivity index (χ4v) is 2.87. The number of benzene rings is 1. The van der Waals surface area contributed by atoms with Crippen molar-refractivity contribution in [2.75, 3.05) is 5.75 Å². The highest BCUT2D eigenvalue weighted by Gasteiger charge is 2.13. The van der Waals surface area contributed by atoms with Crippen LogP contribution in [0.15, 0.2) is 24.3 Å². The number of aromatic amines is 1. The van der Waals surface area contributed by atoms with E-state index >= 15 is 0 Å². The molecule has 1 atom stereocenters. The molecule has 1 aromatic carbocycles. The Morgan fingerprint density at radius 1 is 1.45 bits per heavy atom. The second kappa shape index (κ2) is 7.85. The van der Waals surface area contributed by atoms with E-state index < -0.39 is 6.04 Å². The summed E-state index contributed by atoms with van der Waals surface area (Å²) in [5.41, 5.74) is 1.94. The van der Waals surface area contributed by atoms with Crippen LogP contribution in [0.1, 0.15) is 26.1 Å². The largest absolute Gasteiger partial charge is 0.341 e. The van der Waals surface area contributed by atoms with Gasteiger partial charge < -0.3 is 10.3 Å². The van der Waals surface area contributed by atoms with Gasteiger partial charge in [-0.15, -0.1) is 11.8 Å². The van der Waals surface area contributed by atoms with Crippen LogP contribution in [0.3, 0.4) is 0 Å². The SMILES string of the molecule is CC(C)C[C@H](C#N)NC(=O)CSCc1nc2ccccc2[nH]1. The highest BCUT2D eigenvalue weighted by Crippen LogP contribution is 2.15. The van der Waals surface area contributed by atoms with E-state index in [1.807, 2.05) is 38.1 Å². The summed E-state index contributed by atoms with van der Waals surface area (Å²) in [6, 6.07) is 9.57. The van der Waals surface area contributed by atoms with Gasteiger partial charge in [0.2, 0.25) is 5.91 Å². The van der Waals surface area contributed by atoms with E-state index in [0.29, 0.717) is 23.8 Å². The number of carbonyl (C=O) groups excluding carboxylic acids is 1. The maximum absolute atomic E-state index is 11.8. The van der Waals surface area contributed by atoms with Crippen LogP contribution in [0, 0.1) is 17.2 Å². The molecule has 0 radical (unpaired) electrons. The number of nitrogens with one attached hydrogen (secondary N) is 2. The Bertz CT molecular complexity index is 641. The van der Waals surface area contributed by atoms with Gasteiger partial charge >= 0.3 is 0 Å². The lowest BCUT2D eigenvalue weighted by atomic mass is 10.1. The van der Waals surface area contributed by atoms with Gasteiger partial charge in [0.1, 0.15) is 11.9 Å². The van der Waals surface area contributed by atoms with E-state index in [-0.39, 0.29) is 5.91 Å². The van der Waals surface area contributed by atoms with Crippen molar-refractivity contribution in [2.45, 2.75) is 32.1 Å². The first-order valence-corrected chi connectivity index (χ1v) is 8.44. The zero-order valence-corrected chi connectivity index (χ0v) is 13.6. The van der Waals surface area contributed by atoms with E-state index in [1.54, 1.807) is 0 Å². The number of imidazole rings is 1. The molecule has 1 amide bonds. The van der Waals surface area contributed by atoms with E-state index in [0.717, 1.165) is 16.9 Å². The van der Waals surface area contributed by atoms with Crippen molar-refractivity contribution in [3.05, 3.63) is 30.1 Å². The van der Waals surface area contributed by atoms with Crippen LogP contribution >= 0.6 is 11.8 Å². The van der Waals surface area contributed by atoms with Gasteiger partial charge in [-0.05, 0) is 24.5 Å². The van der Waals surface area contributed by atoms with Crippen molar-refractivity contribution in [3.63, 3.8) is 0 Å². The standard InChI is InChI=1S/C16H20N4OS/c1-11(2)7-12(8-17)18-16(21)10-22-9-15-19-13-5-3-4-6-14(13)20-15/h3-6,11-12H,7,9-10H2,1-2H3,(H,18,21)(H,19,20)/t12-/m1/s1. The molecule has 6 heteroatoms. The first kappa shape index (κ1) is 16.4. The molecule has 0 spiro atoms. The molecule has 2 aromatic rings. The number of amides is 1. The summed E-state index contributed by atoms with van der Waals surface area (Å²) in [5.74, 6) is 2.11. The van der Waals surface area contributed by atoms with E-state index in [1.165, 1.54) is 11.8 Å². The summed E-state index contributed by atoms with van der Waals surface area (Å²) in [6.07, 6.45) is 0.677. The third-order valence-corrected chi connectivity index (χ3v) is 4.05. The fraction of sp³-hybridized carbons (Fsp3) is 0.438. The van der Waals surface area contributed by atoms with Crippen molar-refractivity contribution < 1.29 is 4.79 Å². The topological polar surface area (TPSA) is 81.6 Å². The lowest BCUT2D eigenvalue weighted by molar-refractivity contribution is -0.119. The van der Waals surface area contributed by atoms with Crippen LogP contribution in [-0.4, -0.2) is 27.7 Å².